The maximum absolute atomic E-state index is 11.3. The number of carbonyl (C=O) groups excluding carboxylic acids is 1. The molecule has 18 heavy (non-hydrogen) atoms. The number of hydrogen-bond donors (Lipinski definition) is 1. The lowest BCUT2D eigenvalue weighted by atomic mass is 10.2. The zero-order valence-electron chi connectivity index (χ0n) is 10.0. The molecular weight excluding hydrogens is 254 g/mol. The molecular formula is C12H16ClN3O2. The first kappa shape index (κ1) is 13.3. The molecule has 1 aromatic rings. The van der Waals surface area contributed by atoms with Crippen molar-refractivity contribution in [2.75, 3.05) is 32.8 Å². The Morgan fingerprint density at radius 3 is 2.67 bits per heavy atom. The van der Waals surface area contributed by atoms with Gasteiger partial charge in [0.1, 0.15) is 11.8 Å². The maximum Gasteiger partial charge on any atom is 0.248 e. The Morgan fingerprint density at radius 2 is 2.06 bits per heavy atom. The van der Waals surface area contributed by atoms with E-state index in [0.29, 0.717) is 18.2 Å². The number of nitrogens with zero attached hydrogens (tertiary/aromatic N) is 3. The molecule has 1 fully saturated rings. The first-order valence-corrected chi connectivity index (χ1v) is 6.29. The number of piperazine rings is 1. The van der Waals surface area contributed by atoms with E-state index in [4.69, 9.17) is 16.7 Å². The molecule has 2 rings (SSSR count). The van der Waals surface area contributed by atoms with Crippen molar-refractivity contribution in [1.82, 2.24) is 14.8 Å². The van der Waals surface area contributed by atoms with Gasteiger partial charge in [-0.1, -0.05) is 17.7 Å². The number of aliphatic hydroxyl groups excluding tert-OH is 1. The number of aliphatic hydroxyl groups is 1. The number of pyridine rings is 1. The predicted octanol–water partition coefficient (Wildman–Crippen LogP) is 0.371. The summed E-state index contributed by atoms with van der Waals surface area (Å²) in [6.07, 6.45) is 0. The van der Waals surface area contributed by atoms with Crippen molar-refractivity contribution in [2.45, 2.75) is 6.54 Å². The van der Waals surface area contributed by atoms with Crippen LogP contribution in [0, 0.1) is 0 Å². The van der Waals surface area contributed by atoms with Gasteiger partial charge in [0.2, 0.25) is 5.91 Å². The van der Waals surface area contributed by atoms with Crippen LogP contribution in [-0.2, 0) is 11.3 Å². The highest BCUT2D eigenvalue weighted by Gasteiger charge is 2.20. The number of halogens is 1. The average Bonchev–Trinajstić information content (AvgIpc) is 2.39. The Balaban J connectivity index is 1.85. The van der Waals surface area contributed by atoms with Gasteiger partial charge in [0, 0.05) is 32.7 Å². The van der Waals surface area contributed by atoms with Crippen LogP contribution in [0.3, 0.4) is 0 Å². The van der Waals surface area contributed by atoms with Gasteiger partial charge >= 0.3 is 0 Å². The molecule has 1 amide bonds. The maximum atomic E-state index is 11.3. The molecule has 1 aliphatic heterocycles. The summed E-state index contributed by atoms with van der Waals surface area (Å²) in [6, 6.07) is 5.58. The minimum absolute atomic E-state index is 0.199. The quantitative estimate of drug-likeness (QED) is 0.806. The molecule has 0 saturated carbocycles. The Bertz CT molecular complexity index is 420. The summed E-state index contributed by atoms with van der Waals surface area (Å²) in [6.45, 7) is 3.22. The zero-order chi connectivity index (χ0) is 13.0. The smallest absolute Gasteiger partial charge is 0.248 e. The normalized spacial score (nSPS) is 16.9. The summed E-state index contributed by atoms with van der Waals surface area (Å²) in [5.41, 5.74) is 0.935. The topological polar surface area (TPSA) is 56.7 Å². The van der Waals surface area contributed by atoms with Crippen LogP contribution in [0.1, 0.15) is 5.69 Å². The first-order valence-electron chi connectivity index (χ1n) is 5.91. The Kier molecular flexibility index (Phi) is 4.52. The number of hydrogen-bond acceptors (Lipinski definition) is 4. The molecule has 0 aliphatic carbocycles. The fourth-order valence-corrected chi connectivity index (χ4v) is 2.20. The second-order valence-corrected chi connectivity index (χ2v) is 4.65. The lowest BCUT2D eigenvalue weighted by Crippen LogP contribution is -2.49. The van der Waals surface area contributed by atoms with Crippen LogP contribution in [0.25, 0.3) is 0 Å². The summed E-state index contributed by atoms with van der Waals surface area (Å²) >= 11 is 5.84. The molecule has 5 nitrogen and oxygen atoms in total. The van der Waals surface area contributed by atoms with E-state index in [9.17, 15) is 4.79 Å². The Morgan fingerprint density at radius 1 is 1.33 bits per heavy atom. The lowest BCUT2D eigenvalue weighted by molar-refractivity contribution is -0.136. The van der Waals surface area contributed by atoms with Crippen molar-refractivity contribution >= 4 is 17.5 Å². The second-order valence-electron chi connectivity index (χ2n) is 4.27. The van der Waals surface area contributed by atoms with Gasteiger partial charge in [0.15, 0.2) is 0 Å². The summed E-state index contributed by atoms with van der Waals surface area (Å²) in [4.78, 5) is 19.4. The number of rotatable bonds is 3. The van der Waals surface area contributed by atoms with Crippen LogP contribution in [0.2, 0.25) is 5.15 Å². The van der Waals surface area contributed by atoms with E-state index in [1.807, 2.05) is 12.1 Å². The SMILES string of the molecule is O=C(CO)N1CCN(Cc2cccc(Cl)n2)CC1. The third kappa shape index (κ3) is 3.41. The standard InChI is InChI=1S/C12H16ClN3O2/c13-11-3-1-2-10(14-11)8-15-4-6-16(7-5-15)12(18)9-17/h1-3,17H,4-9H2. The second kappa shape index (κ2) is 6.13. The zero-order valence-corrected chi connectivity index (χ0v) is 10.8. The van der Waals surface area contributed by atoms with Gasteiger partial charge in [0.05, 0.1) is 5.69 Å². The van der Waals surface area contributed by atoms with Crippen molar-refractivity contribution in [3.05, 3.63) is 29.0 Å². The van der Waals surface area contributed by atoms with Gasteiger partial charge in [-0.3, -0.25) is 9.69 Å². The van der Waals surface area contributed by atoms with E-state index in [-0.39, 0.29) is 5.91 Å². The molecule has 0 bridgehead atoms. The fraction of sp³-hybridized carbons (Fsp3) is 0.500. The van der Waals surface area contributed by atoms with Crippen molar-refractivity contribution in [3.8, 4) is 0 Å². The van der Waals surface area contributed by atoms with E-state index < -0.39 is 6.61 Å². The molecule has 2 heterocycles. The van der Waals surface area contributed by atoms with E-state index in [1.165, 1.54) is 0 Å². The summed E-state index contributed by atoms with van der Waals surface area (Å²) < 4.78 is 0. The lowest BCUT2D eigenvalue weighted by Gasteiger charge is -2.34. The monoisotopic (exact) mass is 269 g/mol. The van der Waals surface area contributed by atoms with Crippen molar-refractivity contribution in [3.63, 3.8) is 0 Å². The van der Waals surface area contributed by atoms with Crippen molar-refractivity contribution in [1.29, 1.82) is 0 Å². The van der Waals surface area contributed by atoms with Crippen LogP contribution < -0.4 is 0 Å². The van der Waals surface area contributed by atoms with Crippen molar-refractivity contribution in [2.24, 2.45) is 0 Å². The average molecular weight is 270 g/mol. The Labute approximate surface area is 111 Å². The minimum Gasteiger partial charge on any atom is -0.387 e. The molecule has 0 spiro atoms. The molecule has 0 unspecified atom stereocenters. The van der Waals surface area contributed by atoms with E-state index in [1.54, 1.807) is 11.0 Å². The largest absolute Gasteiger partial charge is 0.387 e. The summed E-state index contributed by atoms with van der Waals surface area (Å²) in [5, 5.41) is 9.29. The molecule has 6 heteroatoms. The fourth-order valence-electron chi connectivity index (χ4n) is 2.02. The third-order valence-corrected chi connectivity index (χ3v) is 3.23. The van der Waals surface area contributed by atoms with Crippen LogP contribution in [0.5, 0.6) is 0 Å². The molecule has 1 aliphatic rings. The Hall–Kier alpha value is -1.17. The molecule has 0 radical (unpaired) electrons. The first-order chi connectivity index (χ1) is 8.69. The predicted molar refractivity (Wildman–Crippen MR) is 68.2 cm³/mol. The number of carbonyl (C=O) groups is 1. The van der Waals surface area contributed by atoms with E-state index in [2.05, 4.69) is 9.88 Å². The molecule has 98 valence electrons. The van der Waals surface area contributed by atoms with E-state index >= 15 is 0 Å². The molecule has 0 aromatic carbocycles. The van der Waals surface area contributed by atoms with Crippen molar-refractivity contribution < 1.29 is 9.90 Å². The van der Waals surface area contributed by atoms with Gasteiger partial charge in [0.25, 0.3) is 0 Å². The molecule has 0 atom stereocenters. The number of aromatic nitrogens is 1. The van der Waals surface area contributed by atoms with Gasteiger partial charge in [-0.05, 0) is 12.1 Å². The third-order valence-electron chi connectivity index (χ3n) is 3.02. The van der Waals surface area contributed by atoms with Crippen LogP contribution in [0.4, 0.5) is 0 Å². The van der Waals surface area contributed by atoms with Gasteiger partial charge in [-0.25, -0.2) is 4.98 Å². The van der Waals surface area contributed by atoms with Gasteiger partial charge in [-0.15, -0.1) is 0 Å². The van der Waals surface area contributed by atoms with E-state index in [0.717, 1.165) is 25.3 Å². The highest BCUT2D eigenvalue weighted by atomic mass is 35.5. The van der Waals surface area contributed by atoms with Gasteiger partial charge in [-0.2, -0.15) is 0 Å². The van der Waals surface area contributed by atoms with Crippen LogP contribution in [0.15, 0.2) is 18.2 Å². The summed E-state index contributed by atoms with van der Waals surface area (Å²) in [7, 11) is 0. The highest BCUT2D eigenvalue weighted by molar-refractivity contribution is 6.29. The highest BCUT2D eigenvalue weighted by Crippen LogP contribution is 2.10. The molecule has 1 saturated heterocycles. The number of amides is 1. The summed E-state index contributed by atoms with van der Waals surface area (Å²) in [5.74, 6) is -0.199. The van der Waals surface area contributed by atoms with Crippen LogP contribution in [-0.4, -0.2) is 58.6 Å². The minimum atomic E-state index is -0.407. The molecule has 1 N–H and O–H groups in total. The molecule has 1 aromatic heterocycles. The van der Waals surface area contributed by atoms with Gasteiger partial charge < -0.3 is 10.0 Å². The van der Waals surface area contributed by atoms with Crippen LogP contribution >= 0.6 is 11.6 Å².